The highest BCUT2D eigenvalue weighted by Gasteiger charge is 2.22. The number of rotatable bonds is 12. The van der Waals surface area contributed by atoms with Gasteiger partial charge in [-0.05, 0) is 32.1 Å². The van der Waals surface area contributed by atoms with Gasteiger partial charge in [0.05, 0.1) is 0 Å². The molecule has 0 aromatic carbocycles. The van der Waals surface area contributed by atoms with Gasteiger partial charge in [-0.2, -0.15) is 0 Å². The van der Waals surface area contributed by atoms with Crippen molar-refractivity contribution in [2.24, 2.45) is 5.73 Å². The highest BCUT2D eigenvalue weighted by Crippen LogP contribution is 2.07. The van der Waals surface area contributed by atoms with Crippen molar-refractivity contribution >= 4 is 23.7 Å². The Balaban J connectivity index is 1.96. The average molecular weight is 339 g/mol. The van der Waals surface area contributed by atoms with Gasteiger partial charge >= 0.3 is 5.97 Å². The van der Waals surface area contributed by atoms with Crippen LogP contribution in [0.4, 0.5) is 0 Å². The normalized spacial score (nSPS) is 15.0. The smallest absolute Gasteiger partial charge is 0.320 e. The Morgan fingerprint density at radius 2 is 1.75 bits per heavy atom. The molecule has 1 heterocycles. The predicted molar refractivity (Wildman–Crippen MR) is 86.8 cm³/mol. The summed E-state index contributed by atoms with van der Waals surface area (Å²) >= 11 is 0. The third kappa shape index (κ3) is 7.36. The van der Waals surface area contributed by atoms with Crippen LogP contribution < -0.4 is 11.1 Å². The molecule has 134 valence electrons. The number of aliphatic carboxylic acids is 1. The van der Waals surface area contributed by atoms with E-state index in [-0.39, 0.29) is 17.7 Å². The number of carbonyl (C=O) groups excluding carboxylic acids is 3. The molecule has 1 rings (SSSR count). The van der Waals surface area contributed by atoms with E-state index in [0.29, 0.717) is 51.6 Å². The van der Waals surface area contributed by atoms with Gasteiger partial charge in [0.2, 0.25) is 5.91 Å². The molecule has 0 fully saturated rings. The maximum atomic E-state index is 11.6. The lowest BCUT2D eigenvalue weighted by molar-refractivity contribution is -0.139. The van der Waals surface area contributed by atoms with E-state index < -0.39 is 12.0 Å². The molecule has 0 bridgehead atoms. The summed E-state index contributed by atoms with van der Waals surface area (Å²) in [6, 6.07) is -0.842. The number of carboxylic acids is 1. The first-order valence-corrected chi connectivity index (χ1v) is 8.20. The van der Waals surface area contributed by atoms with E-state index in [4.69, 9.17) is 10.8 Å². The van der Waals surface area contributed by atoms with Crippen molar-refractivity contribution in [1.82, 2.24) is 10.2 Å². The van der Waals surface area contributed by atoms with Crippen molar-refractivity contribution in [1.29, 1.82) is 0 Å². The zero-order valence-corrected chi connectivity index (χ0v) is 13.7. The minimum Gasteiger partial charge on any atom is -0.480 e. The van der Waals surface area contributed by atoms with Crippen molar-refractivity contribution in [3.63, 3.8) is 0 Å². The second-order valence-corrected chi connectivity index (χ2v) is 5.76. The minimum absolute atomic E-state index is 0.0486. The number of carboxylic acid groups (broad SMARTS) is 1. The van der Waals surface area contributed by atoms with Gasteiger partial charge in [0, 0.05) is 31.7 Å². The number of nitrogens with two attached hydrogens (primary N) is 1. The van der Waals surface area contributed by atoms with Crippen molar-refractivity contribution < 1.29 is 24.3 Å². The second kappa shape index (κ2) is 10.5. The first-order chi connectivity index (χ1) is 11.4. The molecule has 0 unspecified atom stereocenters. The van der Waals surface area contributed by atoms with Crippen LogP contribution >= 0.6 is 0 Å². The van der Waals surface area contributed by atoms with Crippen LogP contribution in [0, 0.1) is 0 Å². The summed E-state index contributed by atoms with van der Waals surface area (Å²) in [5.74, 6) is -1.61. The van der Waals surface area contributed by atoms with Crippen LogP contribution in [0.5, 0.6) is 0 Å². The Morgan fingerprint density at radius 3 is 2.38 bits per heavy atom. The third-order valence-electron chi connectivity index (χ3n) is 3.77. The summed E-state index contributed by atoms with van der Waals surface area (Å²) in [5, 5.41) is 11.4. The summed E-state index contributed by atoms with van der Waals surface area (Å²) in [5.41, 5.74) is 5.38. The van der Waals surface area contributed by atoms with Crippen LogP contribution in [0.3, 0.4) is 0 Å². The van der Waals surface area contributed by atoms with Gasteiger partial charge in [-0.1, -0.05) is 6.42 Å². The minimum atomic E-state index is -1.01. The van der Waals surface area contributed by atoms with E-state index >= 15 is 0 Å². The Bertz CT molecular complexity index is 486. The lowest BCUT2D eigenvalue weighted by atomic mass is 10.1. The van der Waals surface area contributed by atoms with Crippen molar-refractivity contribution in [2.75, 3.05) is 13.1 Å². The van der Waals surface area contributed by atoms with Gasteiger partial charge in [-0.25, -0.2) is 0 Å². The molecule has 0 spiro atoms. The zero-order chi connectivity index (χ0) is 17.9. The fraction of sp³-hybridized carbons (Fsp3) is 0.625. The van der Waals surface area contributed by atoms with Crippen LogP contribution in [0.1, 0.15) is 44.9 Å². The SMILES string of the molecule is N[C@@H](CCCCNC(=O)CCCCCN1C(=O)C=CC1=O)C(=O)O. The van der Waals surface area contributed by atoms with Crippen LogP contribution in [-0.2, 0) is 19.2 Å². The Hall–Kier alpha value is -2.22. The fourth-order valence-corrected chi connectivity index (χ4v) is 2.31. The molecular weight excluding hydrogens is 314 g/mol. The Labute approximate surface area is 141 Å². The molecule has 0 radical (unpaired) electrons. The number of hydrogen-bond acceptors (Lipinski definition) is 5. The maximum absolute atomic E-state index is 11.6. The summed E-state index contributed by atoms with van der Waals surface area (Å²) < 4.78 is 0. The highest BCUT2D eigenvalue weighted by molar-refractivity contribution is 6.12. The topological polar surface area (TPSA) is 130 Å². The molecule has 4 N–H and O–H groups in total. The summed E-state index contributed by atoms with van der Waals surface area (Å²) in [7, 11) is 0. The van der Waals surface area contributed by atoms with Gasteiger partial charge < -0.3 is 16.2 Å². The van der Waals surface area contributed by atoms with Crippen molar-refractivity contribution in [3.8, 4) is 0 Å². The molecule has 1 atom stereocenters. The number of amides is 3. The molecule has 8 heteroatoms. The van der Waals surface area contributed by atoms with Gasteiger partial charge in [0.25, 0.3) is 11.8 Å². The van der Waals surface area contributed by atoms with Gasteiger partial charge in [0.1, 0.15) is 6.04 Å². The van der Waals surface area contributed by atoms with E-state index in [2.05, 4.69) is 5.32 Å². The lowest BCUT2D eigenvalue weighted by Crippen LogP contribution is -2.31. The molecule has 0 saturated carbocycles. The summed E-state index contributed by atoms with van der Waals surface area (Å²) in [6.07, 6.45) is 6.80. The first-order valence-electron chi connectivity index (χ1n) is 8.20. The number of unbranched alkanes of at least 4 members (excludes halogenated alkanes) is 3. The monoisotopic (exact) mass is 339 g/mol. The van der Waals surface area contributed by atoms with Gasteiger partial charge in [-0.15, -0.1) is 0 Å². The molecule has 3 amide bonds. The van der Waals surface area contributed by atoms with Crippen molar-refractivity contribution in [2.45, 2.75) is 51.0 Å². The standard InChI is InChI=1S/C16H25N3O5/c17-12(16(23)24)6-3-4-10-18-13(20)7-2-1-5-11-19-14(21)8-9-15(19)22/h8-9,12H,1-7,10-11,17H2,(H,18,20)(H,23,24)/t12-/m0/s1. The van der Waals surface area contributed by atoms with Crippen LogP contribution in [-0.4, -0.2) is 52.8 Å². The lowest BCUT2D eigenvalue weighted by Gasteiger charge is -2.13. The molecule has 1 aliphatic heterocycles. The molecule has 24 heavy (non-hydrogen) atoms. The van der Waals surface area contributed by atoms with Crippen molar-refractivity contribution in [3.05, 3.63) is 12.2 Å². The van der Waals surface area contributed by atoms with E-state index in [1.54, 1.807) is 0 Å². The number of hydrogen-bond donors (Lipinski definition) is 3. The molecule has 1 aliphatic rings. The fourth-order valence-electron chi connectivity index (χ4n) is 2.31. The van der Waals surface area contributed by atoms with Gasteiger partial charge in [0.15, 0.2) is 0 Å². The molecular formula is C16H25N3O5. The van der Waals surface area contributed by atoms with Crippen LogP contribution in [0.15, 0.2) is 12.2 Å². The molecule has 0 saturated heterocycles. The average Bonchev–Trinajstić information content (AvgIpc) is 2.85. The number of imide groups is 1. The number of nitrogens with zero attached hydrogens (tertiary/aromatic N) is 1. The first kappa shape index (κ1) is 19.8. The molecule has 0 aliphatic carbocycles. The van der Waals surface area contributed by atoms with Crippen LogP contribution in [0.2, 0.25) is 0 Å². The Kier molecular flexibility index (Phi) is 8.70. The summed E-state index contributed by atoms with van der Waals surface area (Å²) in [6.45, 7) is 0.893. The zero-order valence-electron chi connectivity index (χ0n) is 13.7. The second-order valence-electron chi connectivity index (χ2n) is 5.76. The molecule has 0 aromatic rings. The summed E-state index contributed by atoms with van der Waals surface area (Å²) in [4.78, 5) is 46.0. The van der Waals surface area contributed by atoms with E-state index in [9.17, 15) is 19.2 Å². The Morgan fingerprint density at radius 1 is 1.08 bits per heavy atom. The highest BCUT2D eigenvalue weighted by atomic mass is 16.4. The number of nitrogens with one attached hydrogen (secondary N) is 1. The largest absolute Gasteiger partial charge is 0.480 e. The van der Waals surface area contributed by atoms with E-state index in [1.807, 2.05) is 0 Å². The predicted octanol–water partition coefficient (Wildman–Crippen LogP) is 0.170. The van der Waals surface area contributed by atoms with Crippen LogP contribution in [0.25, 0.3) is 0 Å². The maximum Gasteiger partial charge on any atom is 0.320 e. The number of carbonyl (C=O) groups is 4. The van der Waals surface area contributed by atoms with Gasteiger partial charge in [-0.3, -0.25) is 24.1 Å². The van der Waals surface area contributed by atoms with E-state index in [1.165, 1.54) is 17.1 Å². The van der Waals surface area contributed by atoms with E-state index in [0.717, 1.165) is 6.42 Å². The molecule has 8 nitrogen and oxygen atoms in total. The third-order valence-corrected chi connectivity index (χ3v) is 3.77. The molecule has 0 aromatic heterocycles. The quantitative estimate of drug-likeness (QED) is 0.343.